The van der Waals surface area contributed by atoms with Crippen LogP contribution in [0, 0.1) is 21.4 Å². The molecule has 1 N–H and O–H groups in total. The Hall–Kier alpha value is -5.01. The van der Waals surface area contributed by atoms with Gasteiger partial charge in [0.1, 0.15) is 22.2 Å². The van der Waals surface area contributed by atoms with Crippen LogP contribution in [0.3, 0.4) is 0 Å². The predicted molar refractivity (Wildman–Crippen MR) is 140 cm³/mol. The van der Waals surface area contributed by atoms with Gasteiger partial charge in [0.05, 0.1) is 11.5 Å². The summed E-state index contributed by atoms with van der Waals surface area (Å²) in [4.78, 5) is 36.3. The molecule has 37 heavy (non-hydrogen) atoms. The number of esters is 1. The van der Waals surface area contributed by atoms with Gasteiger partial charge in [-0.2, -0.15) is 5.26 Å². The van der Waals surface area contributed by atoms with Crippen molar-refractivity contribution in [2.24, 2.45) is 0 Å². The van der Waals surface area contributed by atoms with Gasteiger partial charge in [-0.05, 0) is 42.8 Å². The van der Waals surface area contributed by atoms with Crippen molar-refractivity contribution in [3.8, 4) is 22.9 Å². The number of benzene rings is 2. The fourth-order valence-electron chi connectivity index (χ4n) is 3.63. The molecule has 0 aliphatic carbocycles. The maximum Gasteiger partial charge on any atom is 0.341 e. The molecule has 2 heterocycles. The van der Waals surface area contributed by atoms with Crippen LogP contribution in [0.25, 0.3) is 22.9 Å². The number of carbonyl (C=O) groups excluding carboxylic acids is 2. The molecule has 0 fully saturated rings. The lowest BCUT2D eigenvalue weighted by Gasteiger charge is -2.09. The van der Waals surface area contributed by atoms with E-state index in [9.17, 15) is 25.0 Å². The summed E-state index contributed by atoms with van der Waals surface area (Å²) in [6.07, 6.45) is 3.12. The molecule has 1 amide bonds. The molecule has 0 saturated carbocycles. The molecule has 2 aromatic heterocycles. The number of thiophene rings is 1. The number of amides is 1. The van der Waals surface area contributed by atoms with Gasteiger partial charge in [0.25, 0.3) is 11.6 Å². The van der Waals surface area contributed by atoms with Gasteiger partial charge < -0.3 is 14.6 Å². The highest BCUT2D eigenvalue weighted by molar-refractivity contribution is 7.15. The van der Waals surface area contributed by atoms with Gasteiger partial charge in [-0.3, -0.25) is 14.9 Å². The van der Waals surface area contributed by atoms with Gasteiger partial charge >= 0.3 is 5.97 Å². The van der Waals surface area contributed by atoms with Crippen molar-refractivity contribution in [3.63, 3.8) is 0 Å². The Morgan fingerprint density at radius 3 is 2.51 bits per heavy atom. The van der Waals surface area contributed by atoms with Crippen LogP contribution in [0.5, 0.6) is 0 Å². The number of nitriles is 1. The number of nitrogens with one attached hydrogen (secondary N) is 1. The number of ether oxygens (including phenoxy) is 1. The summed E-state index contributed by atoms with van der Waals surface area (Å²) < 4.78 is 6.91. The molecular weight excluding hydrogens is 492 g/mol. The molecule has 0 atom stereocenters. The molecule has 4 rings (SSSR count). The zero-order valence-corrected chi connectivity index (χ0v) is 20.4. The average molecular weight is 513 g/mol. The third-order valence-corrected chi connectivity index (χ3v) is 6.25. The van der Waals surface area contributed by atoms with Gasteiger partial charge in [-0.15, -0.1) is 11.3 Å². The first kappa shape index (κ1) is 25.1. The molecule has 184 valence electrons. The number of rotatable bonds is 8. The second-order valence-electron chi connectivity index (χ2n) is 7.64. The van der Waals surface area contributed by atoms with Crippen LogP contribution in [0.4, 0.5) is 10.7 Å². The molecule has 0 bridgehead atoms. The number of nitro groups is 1. The van der Waals surface area contributed by atoms with Crippen LogP contribution in [-0.2, 0) is 9.53 Å². The van der Waals surface area contributed by atoms with Gasteiger partial charge in [-0.25, -0.2) is 4.79 Å². The lowest BCUT2D eigenvalue weighted by Crippen LogP contribution is -2.16. The third-order valence-electron chi connectivity index (χ3n) is 5.36. The fourth-order valence-corrected chi connectivity index (χ4v) is 4.59. The van der Waals surface area contributed by atoms with Crippen LogP contribution < -0.4 is 5.32 Å². The van der Waals surface area contributed by atoms with Gasteiger partial charge in [0, 0.05) is 40.7 Å². The van der Waals surface area contributed by atoms with Crippen molar-refractivity contribution >= 4 is 40.0 Å². The molecular formula is C27H20N4O5S. The van der Waals surface area contributed by atoms with Crippen LogP contribution in [0.15, 0.2) is 83.9 Å². The number of carbonyl (C=O) groups is 2. The topological polar surface area (TPSA) is 127 Å². The Morgan fingerprint density at radius 2 is 1.86 bits per heavy atom. The molecule has 4 aromatic rings. The average Bonchev–Trinajstić information content (AvgIpc) is 3.55. The molecule has 0 spiro atoms. The van der Waals surface area contributed by atoms with Gasteiger partial charge in [0.2, 0.25) is 0 Å². The van der Waals surface area contributed by atoms with E-state index in [0.717, 1.165) is 16.9 Å². The first-order valence-electron chi connectivity index (χ1n) is 11.1. The molecule has 0 saturated heterocycles. The number of hydrogen-bond acceptors (Lipinski definition) is 7. The smallest absolute Gasteiger partial charge is 0.341 e. The predicted octanol–water partition coefficient (Wildman–Crippen LogP) is 5.84. The third kappa shape index (κ3) is 5.47. The van der Waals surface area contributed by atoms with Crippen molar-refractivity contribution in [3.05, 3.63) is 105 Å². The van der Waals surface area contributed by atoms with Gasteiger partial charge in [0.15, 0.2) is 0 Å². The summed E-state index contributed by atoms with van der Waals surface area (Å²) >= 11 is 1.16. The number of hydrogen-bond donors (Lipinski definition) is 1. The van der Waals surface area contributed by atoms with E-state index in [2.05, 4.69) is 5.32 Å². The van der Waals surface area contributed by atoms with Crippen molar-refractivity contribution in [1.82, 2.24) is 4.57 Å². The van der Waals surface area contributed by atoms with E-state index in [1.165, 1.54) is 18.2 Å². The highest BCUT2D eigenvalue weighted by atomic mass is 32.1. The number of aromatic nitrogens is 1. The summed E-state index contributed by atoms with van der Waals surface area (Å²) in [6, 6.07) is 20.5. The molecule has 0 unspecified atom stereocenters. The molecule has 0 radical (unpaired) electrons. The molecule has 9 nitrogen and oxygen atoms in total. The van der Waals surface area contributed by atoms with E-state index in [1.807, 2.05) is 36.4 Å². The highest BCUT2D eigenvalue weighted by Crippen LogP contribution is 2.36. The Balaban J connectivity index is 1.64. The van der Waals surface area contributed by atoms with E-state index in [-0.39, 0.29) is 28.4 Å². The monoisotopic (exact) mass is 512 g/mol. The van der Waals surface area contributed by atoms with Crippen molar-refractivity contribution in [2.45, 2.75) is 6.92 Å². The number of non-ortho nitro benzene ring substituents is 1. The Morgan fingerprint density at radius 1 is 1.14 bits per heavy atom. The minimum absolute atomic E-state index is 0.0479. The maximum absolute atomic E-state index is 13.1. The number of anilines is 1. The van der Waals surface area contributed by atoms with Crippen LogP contribution in [-0.4, -0.2) is 28.0 Å². The maximum atomic E-state index is 13.1. The summed E-state index contributed by atoms with van der Waals surface area (Å²) in [6.45, 7) is 1.86. The second-order valence-corrected chi connectivity index (χ2v) is 8.52. The lowest BCUT2D eigenvalue weighted by atomic mass is 10.0. The largest absolute Gasteiger partial charge is 0.462 e. The van der Waals surface area contributed by atoms with E-state index < -0.39 is 16.8 Å². The number of nitro benzene ring substituents is 1. The minimum Gasteiger partial charge on any atom is -0.462 e. The zero-order valence-electron chi connectivity index (χ0n) is 19.6. The summed E-state index contributed by atoms with van der Waals surface area (Å²) in [5, 5.41) is 25.4. The zero-order chi connectivity index (χ0) is 26.4. The van der Waals surface area contributed by atoms with Crippen molar-refractivity contribution < 1.29 is 19.2 Å². The minimum atomic E-state index is -0.689. The van der Waals surface area contributed by atoms with Crippen molar-refractivity contribution in [2.75, 3.05) is 11.9 Å². The van der Waals surface area contributed by atoms with Crippen molar-refractivity contribution in [1.29, 1.82) is 5.26 Å². The van der Waals surface area contributed by atoms with Crippen LogP contribution >= 0.6 is 11.3 Å². The Kier molecular flexibility index (Phi) is 7.56. The first-order chi connectivity index (χ1) is 17.9. The second kappa shape index (κ2) is 11.2. The Labute approximate surface area is 216 Å². The summed E-state index contributed by atoms with van der Waals surface area (Å²) in [5.74, 6) is -1.27. The quantitative estimate of drug-likeness (QED) is 0.104. The molecule has 0 aliphatic heterocycles. The summed E-state index contributed by atoms with van der Waals surface area (Å²) in [5.41, 5.74) is 2.53. The van der Waals surface area contributed by atoms with Crippen LogP contribution in [0.2, 0.25) is 0 Å². The summed E-state index contributed by atoms with van der Waals surface area (Å²) in [7, 11) is 0. The van der Waals surface area contributed by atoms with E-state index in [4.69, 9.17) is 4.74 Å². The molecule has 0 aliphatic rings. The Bertz CT molecular complexity index is 1530. The fraction of sp³-hybridized carbons (Fsp3) is 0.0741. The van der Waals surface area contributed by atoms with E-state index >= 15 is 0 Å². The highest BCUT2D eigenvalue weighted by Gasteiger charge is 2.24. The lowest BCUT2D eigenvalue weighted by molar-refractivity contribution is -0.384. The molecule has 10 heteroatoms. The van der Waals surface area contributed by atoms with Gasteiger partial charge in [-0.1, -0.05) is 30.3 Å². The SMILES string of the molecule is CCOC(=O)c1c(-c2ccccc2)csc1NC(=O)C(C#N)=Cc1cccn1-c1ccc([N+](=O)[O-])cc1. The van der Waals surface area contributed by atoms with Crippen LogP contribution in [0.1, 0.15) is 23.0 Å². The molecule has 2 aromatic carbocycles. The standard InChI is InChI=1S/C27H20N4O5S/c1-2-36-27(33)24-23(18-7-4-3-5-8-18)17-37-26(24)29-25(32)19(16-28)15-22-9-6-14-30(22)20-10-12-21(13-11-20)31(34)35/h3-15,17H,2H2,1H3,(H,29,32). The van der Waals surface area contributed by atoms with E-state index in [1.54, 1.807) is 47.3 Å². The normalized spacial score (nSPS) is 11.0. The number of nitrogens with zero attached hydrogens (tertiary/aromatic N) is 3. The van der Waals surface area contributed by atoms with E-state index in [0.29, 0.717) is 16.9 Å². The first-order valence-corrected chi connectivity index (χ1v) is 12.0.